The van der Waals surface area contributed by atoms with E-state index in [4.69, 9.17) is 11.6 Å². The monoisotopic (exact) mass is 302 g/mol. The van der Waals surface area contributed by atoms with Gasteiger partial charge < -0.3 is 4.90 Å². The van der Waals surface area contributed by atoms with Crippen LogP contribution in [-0.2, 0) is 0 Å². The van der Waals surface area contributed by atoms with Crippen molar-refractivity contribution in [1.82, 2.24) is 4.98 Å². The van der Waals surface area contributed by atoms with Gasteiger partial charge in [0.25, 0.3) is 0 Å². The lowest BCUT2D eigenvalue weighted by molar-refractivity contribution is 0.544. The highest BCUT2D eigenvalue weighted by Crippen LogP contribution is 2.29. The highest BCUT2D eigenvalue weighted by molar-refractivity contribution is 9.10. The molecule has 1 aromatic rings. The van der Waals surface area contributed by atoms with Gasteiger partial charge in [0.2, 0.25) is 0 Å². The van der Waals surface area contributed by atoms with Gasteiger partial charge in [-0.05, 0) is 40.8 Å². The minimum absolute atomic E-state index is 0.671. The Morgan fingerprint density at radius 3 is 2.81 bits per heavy atom. The quantitative estimate of drug-likeness (QED) is 0.835. The first-order valence-corrected chi connectivity index (χ1v) is 6.86. The zero-order chi connectivity index (χ0) is 11.5. The Kier molecular flexibility index (Phi) is 4.09. The molecular formula is C12H16BrClN2. The van der Waals surface area contributed by atoms with Crippen molar-refractivity contribution in [2.45, 2.75) is 25.7 Å². The number of aromatic nitrogens is 1. The van der Waals surface area contributed by atoms with E-state index >= 15 is 0 Å². The summed E-state index contributed by atoms with van der Waals surface area (Å²) in [5.41, 5.74) is 0. The SMILES string of the molecule is CN(CC1CCCC1)c1ncc(Cl)cc1Br. The van der Waals surface area contributed by atoms with Gasteiger partial charge in [0.15, 0.2) is 0 Å². The second kappa shape index (κ2) is 5.37. The van der Waals surface area contributed by atoms with Crippen molar-refractivity contribution in [3.63, 3.8) is 0 Å². The lowest BCUT2D eigenvalue weighted by atomic mass is 10.1. The number of nitrogens with zero attached hydrogens (tertiary/aromatic N) is 2. The highest BCUT2D eigenvalue weighted by Gasteiger charge is 2.18. The maximum Gasteiger partial charge on any atom is 0.142 e. The molecule has 1 heterocycles. The van der Waals surface area contributed by atoms with E-state index in [0.717, 1.165) is 22.8 Å². The zero-order valence-electron chi connectivity index (χ0n) is 9.42. The summed E-state index contributed by atoms with van der Waals surface area (Å²) < 4.78 is 0.973. The Bertz CT molecular complexity index is 364. The molecule has 0 spiro atoms. The van der Waals surface area contributed by atoms with E-state index in [0.29, 0.717) is 5.02 Å². The van der Waals surface area contributed by atoms with Crippen molar-refractivity contribution in [3.8, 4) is 0 Å². The predicted molar refractivity (Wildman–Crippen MR) is 72.2 cm³/mol. The number of pyridine rings is 1. The molecule has 0 amide bonds. The summed E-state index contributed by atoms with van der Waals surface area (Å²) in [4.78, 5) is 6.59. The lowest BCUT2D eigenvalue weighted by Gasteiger charge is -2.23. The Balaban J connectivity index is 2.04. The molecule has 0 aliphatic heterocycles. The van der Waals surface area contributed by atoms with Crippen molar-refractivity contribution in [2.75, 3.05) is 18.5 Å². The summed E-state index contributed by atoms with van der Waals surface area (Å²) in [7, 11) is 2.10. The molecule has 88 valence electrons. The summed E-state index contributed by atoms with van der Waals surface area (Å²) >= 11 is 9.39. The fourth-order valence-electron chi connectivity index (χ4n) is 2.35. The van der Waals surface area contributed by atoms with Gasteiger partial charge in [-0.25, -0.2) is 4.98 Å². The molecule has 0 saturated heterocycles. The minimum atomic E-state index is 0.671. The Labute approximate surface area is 110 Å². The van der Waals surface area contributed by atoms with Crippen LogP contribution in [0.15, 0.2) is 16.7 Å². The molecule has 2 nitrogen and oxygen atoms in total. The van der Waals surface area contributed by atoms with Crippen LogP contribution in [0.5, 0.6) is 0 Å². The third kappa shape index (κ3) is 2.89. The van der Waals surface area contributed by atoms with Gasteiger partial charge in [0, 0.05) is 19.8 Å². The van der Waals surface area contributed by atoms with E-state index in [9.17, 15) is 0 Å². The van der Waals surface area contributed by atoms with Crippen molar-refractivity contribution < 1.29 is 0 Å². The second-order valence-corrected chi connectivity index (χ2v) is 5.78. The molecule has 1 saturated carbocycles. The van der Waals surface area contributed by atoms with E-state index < -0.39 is 0 Å². The molecule has 16 heavy (non-hydrogen) atoms. The summed E-state index contributed by atoms with van der Waals surface area (Å²) in [5, 5.41) is 0.671. The fraction of sp³-hybridized carbons (Fsp3) is 0.583. The Hall–Kier alpha value is -0.280. The Morgan fingerprint density at radius 2 is 2.19 bits per heavy atom. The van der Waals surface area contributed by atoms with Crippen molar-refractivity contribution in [2.24, 2.45) is 5.92 Å². The largest absolute Gasteiger partial charge is 0.358 e. The average molecular weight is 304 g/mol. The molecule has 0 radical (unpaired) electrons. The summed E-state index contributed by atoms with van der Waals surface area (Å²) in [6.45, 7) is 1.09. The number of hydrogen-bond acceptors (Lipinski definition) is 2. The summed E-state index contributed by atoms with van der Waals surface area (Å²) in [6.07, 6.45) is 7.18. The minimum Gasteiger partial charge on any atom is -0.358 e. The van der Waals surface area contributed by atoms with Gasteiger partial charge >= 0.3 is 0 Å². The molecular weight excluding hydrogens is 288 g/mol. The van der Waals surface area contributed by atoms with E-state index in [1.54, 1.807) is 6.20 Å². The topological polar surface area (TPSA) is 16.1 Å². The van der Waals surface area contributed by atoms with Crippen LogP contribution in [-0.4, -0.2) is 18.6 Å². The van der Waals surface area contributed by atoms with Crippen molar-refractivity contribution in [1.29, 1.82) is 0 Å². The third-order valence-corrected chi connectivity index (χ3v) is 3.95. The van der Waals surface area contributed by atoms with E-state index in [1.807, 2.05) is 6.07 Å². The van der Waals surface area contributed by atoms with Gasteiger partial charge in [-0.3, -0.25) is 0 Å². The first kappa shape index (κ1) is 12.2. The smallest absolute Gasteiger partial charge is 0.142 e. The number of anilines is 1. The molecule has 1 aliphatic rings. The van der Waals surface area contributed by atoms with Crippen LogP contribution in [0.25, 0.3) is 0 Å². The van der Waals surface area contributed by atoms with E-state index in [1.165, 1.54) is 25.7 Å². The standard InChI is InChI=1S/C12H16BrClN2/c1-16(8-9-4-2-3-5-9)12-11(13)6-10(14)7-15-12/h6-7,9H,2-5,8H2,1H3. The summed E-state index contributed by atoms with van der Waals surface area (Å²) in [6, 6.07) is 1.90. The van der Waals surface area contributed by atoms with Crippen LogP contribution in [0, 0.1) is 5.92 Å². The van der Waals surface area contributed by atoms with Crippen molar-refractivity contribution >= 4 is 33.3 Å². The van der Waals surface area contributed by atoms with Gasteiger partial charge in [-0.15, -0.1) is 0 Å². The molecule has 1 aliphatic carbocycles. The van der Waals surface area contributed by atoms with Crippen LogP contribution in [0.2, 0.25) is 5.02 Å². The van der Waals surface area contributed by atoms with Gasteiger partial charge in [-0.2, -0.15) is 0 Å². The predicted octanol–water partition coefficient (Wildman–Crippen LogP) is 4.12. The molecule has 2 rings (SSSR count). The first-order chi connectivity index (χ1) is 7.66. The van der Waals surface area contributed by atoms with Crippen molar-refractivity contribution in [3.05, 3.63) is 21.8 Å². The zero-order valence-corrected chi connectivity index (χ0v) is 11.8. The second-order valence-electron chi connectivity index (χ2n) is 4.49. The number of rotatable bonds is 3. The number of halogens is 2. The molecule has 0 N–H and O–H groups in total. The normalized spacial score (nSPS) is 16.7. The average Bonchev–Trinajstić information content (AvgIpc) is 2.70. The van der Waals surface area contributed by atoms with Crippen LogP contribution >= 0.6 is 27.5 Å². The van der Waals surface area contributed by atoms with Crippen LogP contribution in [0.1, 0.15) is 25.7 Å². The third-order valence-electron chi connectivity index (χ3n) is 3.16. The molecule has 1 fully saturated rings. The first-order valence-electron chi connectivity index (χ1n) is 5.69. The van der Waals surface area contributed by atoms with Crippen LogP contribution in [0.3, 0.4) is 0 Å². The number of hydrogen-bond donors (Lipinski definition) is 0. The molecule has 1 aromatic heterocycles. The molecule has 0 aromatic carbocycles. The Morgan fingerprint density at radius 1 is 1.50 bits per heavy atom. The van der Waals surface area contributed by atoms with E-state index in [-0.39, 0.29) is 0 Å². The van der Waals surface area contributed by atoms with Gasteiger partial charge in [0.1, 0.15) is 5.82 Å². The fourth-order valence-corrected chi connectivity index (χ4v) is 3.30. The molecule has 0 atom stereocenters. The molecule has 0 unspecified atom stereocenters. The lowest BCUT2D eigenvalue weighted by Crippen LogP contribution is -2.25. The van der Waals surface area contributed by atoms with E-state index in [2.05, 4.69) is 32.9 Å². The van der Waals surface area contributed by atoms with Gasteiger partial charge in [0.05, 0.1) is 9.50 Å². The van der Waals surface area contributed by atoms with Crippen LogP contribution < -0.4 is 4.90 Å². The summed E-state index contributed by atoms with van der Waals surface area (Å²) in [5.74, 6) is 1.81. The highest BCUT2D eigenvalue weighted by atomic mass is 79.9. The van der Waals surface area contributed by atoms with Crippen LogP contribution in [0.4, 0.5) is 5.82 Å². The maximum absolute atomic E-state index is 5.88. The maximum atomic E-state index is 5.88. The molecule has 4 heteroatoms. The van der Waals surface area contributed by atoms with Gasteiger partial charge in [-0.1, -0.05) is 24.4 Å². The molecule has 0 bridgehead atoms.